The van der Waals surface area contributed by atoms with Crippen LogP contribution in [0.1, 0.15) is 31.2 Å². The lowest BCUT2D eigenvalue weighted by Gasteiger charge is -2.28. The average Bonchev–Trinajstić information content (AvgIpc) is 2.48. The summed E-state index contributed by atoms with van der Waals surface area (Å²) in [6.07, 6.45) is 9.05. The van der Waals surface area contributed by atoms with Gasteiger partial charge in [0.05, 0.1) is 18.8 Å². The molecular formula is C15H24N2O2. The van der Waals surface area contributed by atoms with Crippen molar-refractivity contribution in [3.63, 3.8) is 0 Å². The van der Waals surface area contributed by atoms with Crippen LogP contribution in [0.3, 0.4) is 0 Å². The Labute approximate surface area is 115 Å². The summed E-state index contributed by atoms with van der Waals surface area (Å²) in [6.45, 7) is 2.49. The average molecular weight is 264 g/mol. The van der Waals surface area contributed by atoms with Crippen LogP contribution in [0.15, 0.2) is 24.5 Å². The van der Waals surface area contributed by atoms with E-state index in [-0.39, 0.29) is 0 Å². The third-order valence-electron chi connectivity index (χ3n) is 3.60. The van der Waals surface area contributed by atoms with E-state index in [1.165, 1.54) is 24.8 Å². The van der Waals surface area contributed by atoms with Gasteiger partial charge in [0.25, 0.3) is 0 Å². The SMILES string of the molecule is COC1CCCC(OCCNCc2cccnc2)C1. The lowest BCUT2D eigenvalue weighted by Crippen LogP contribution is -2.30. The molecule has 0 saturated heterocycles. The first-order valence-corrected chi connectivity index (χ1v) is 7.12. The molecule has 0 aliphatic heterocycles. The van der Waals surface area contributed by atoms with Crippen LogP contribution in [0.4, 0.5) is 0 Å². The number of nitrogens with one attached hydrogen (secondary N) is 1. The van der Waals surface area contributed by atoms with Crippen LogP contribution in [0.5, 0.6) is 0 Å². The van der Waals surface area contributed by atoms with Crippen LogP contribution in [0.25, 0.3) is 0 Å². The molecule has 2 unspecified atom stereocenters. The van der Waals surface area contributed by atoms with Crippen molar-refractivity contribution in [3.8, 4) is 0 Å². The lowest BCUT2D eigenvalue weighted by atomic mass is 9.95. The second kappa shape index (κ2) is 8.25. The van der Waals surface area contributed by atoms with Crippen molar-refractivity contribution < 1.29 is 9.47 Å². The van der Waals surface area contributed by atoms with Crippen molar-refractivity contribution in [1.82, 2.24) is 10.3 Å². The Hall–Kier alpha value is -0.970. The van der Waals surface area contributed by atoms with Crippen LogP contribution in [-0.4, -0.2) is 37.5 Å². The van der Waals surface area contributed by atoms with E-state index in [1.807, 2.05) is 12.3 Å². The third-order valence-corrected chi connectivity index (χ3v) is 3.60. The summed E-state index contributed by atoms with van der Waals surface area (Å²) in [7, 11) is 1.79. The molecule has 0 aromatic carbocycles. The molecule has 0 radical (unpaired) electrons. The number of hydrogen-bond donors (Lipinski definition) is 1. The minimum absolute atomic E-state index is 0.374. The van der Waals surface area contributed by atoms with Gasteiger partial charge in [0, 0.05) is 32.6 Å². The highest BCUT2D eigenvalue weighted by atomic mass is 16.5. The Balaban J connectivity index is 1.54. The minimum atomic E-state index is 0.374. The summed E-state index contributed by atoms with van der Waals surface area (Å²) in [5, 5.41) is 3.37. The highest BCUT2D eigenvalue weighted by Gasteiger charge is 2.21. The highest BCUT2D eigenvalue weighted by molar-refractivity contribution is 5.07. The minimum Gasteiger partial charge on any atom is -0.381 e. The van der Waals surface area contributed by atoms with Gasteiger partial charge in [0.15, 0.2) is 0 Å². The zero-order chi connectivity index (χ0) is 13.3. The fraction of sp³-hybridized carbons (Fsp3) is 0.667. The van der Waals surface area contributed by atoms with Gasteiger partial charge >= 0.3 is 0 Å². The number of rotatable bonds is 7. The summed E-state index contributed by atoms with van der Waals surface area (Å²) in [6, 6.07) is 4.03. The van der Waals surface area contributed by atoms with E-state index in [4.69, 9.17) is 9.47 Å². The Morgan fingerprint density at radius 1 is 1.37 bits per heavy atom. The van der Waals surface area contributed by atoms with Crippen molar-refractivity contribution in [2.75, 3.05) is 20.3 Å². The molecule has 1 heterocycles. The van der Waals surface area contributed by atoms with E-state index < -0.39 is 0 Å². The van der Waals surface area contributed by atoms with Crippen molar-refractivity contribution >= 4 is 0 Å². The molecule has 1 aliphatic carbocycles. The number of aromatic nitrogens is 1. The van der Waals surface area contributed by atoms with Crippen LogP contribution in [0.2, 0.25) is 0 Å². The maximum atomic E-state index is 5.89. The van der Waals surface area contributed by atoms with Gasteiger partial charge in [-0.2, -0.15) is 0 Å². The topological polar surface area (TPSA) is 43.4 Å². The molecule has 1 aromatic rings. The van der Waals surface area contributed by atoms with E-state index in [0.29, 0.717) is 12.2 Å². The van der Waals surface area contributed by atoms with Gasteiger partial charge in [-0.1, -0.05) is 6.07 Å². The first-order chi connectivity index (χ1) is 9.38. The molecule has 1 aliphatic rings. The van der Waals surface area contributed by atoms with Gasteiger partial charge in [-0.25, -0.2) is 0 Å². The van der Waals surface area contributed by atoms with Gasteiger partial charge in [-0.05, 0) is 37.3 Å². The van der Waals surface area contributed by atoms with Gasteiger partial charge in [-0.15, -0.1) is 0 Å². The van der Waals surface area contributed by atoms with E-state index in [0.717, 1.165) is 26.1 Å². The second-order valence-corrected chi connectivity index (χ2v) is 5.06. The summed E-state index contributed by atoms with van der Waals surface area (Å²) >= 11 is 0. The predicted octanol–water partition coefficient (Wildman–Crippen LogP) is 2.15. The molecule has 1 N–H and O–H groups in total. The molecule has 4 heteroatoms. The second-order valence-electron chi connectivity index (χ2n) is 5.06. The van der Waals surface area contributed by atoms with Crippen LogP contribution < -0.4 is 5.32 Å². The number of nitrogens with zero attached hydrogens (tertiary/aromatic N) is 1. The van der Waals surface area contributed by atoms with Crippen LogP contribution in [-0.2, 0) is 16.0 Å². The van der Waals surface area contributed by atoms with Gasteiger partial charge in [-0.3, -0.25) is 4.98 Å². The van der Waals surface area contributed by atoms with E-state index in [2.05, 4.69) is 16.4 Å². The fourth-order valence-corrected chi connectivity index (χ4v) is 2.50. The Bertz CT molecular complexity index is 345. The summed E-state index contributed by atoms with van der Waals surface area (Å²) in [5.74, 6) is 0. The third kappa shape index (κ3) is 5.27. The summed E-state index contributed by atoms with van der Waals surface area (Å²) < 4.78 is 11.3. The molecule has 4 nitrogen and oxygen atoms in total. The monoisotopic (exact) mass is 264 g/mol. The van der Waals surface area contributed by atoms with E-state index >= 15 is 0 Å². The molecular weight excluding hydrogens is 240 g/mol. The molecule has 2 atom stereocenters. The fourth-order valence-electron chi connectivity index (χ4n) is 2.50. The maximum absolute atomic E-state index is 5.89. The quantitative estimate of drug-likeness (QED) is 0.766. The number of ether oxygens (including phenoxy) is 2. The van der Waals surface area contributed by atoms with Crippen LogP contribution >= 0.6 is 0 Å². The van der Waals surface area contributed by atoms with E-state index in [1.54, 1.807) is 13.3 Å². The smallest absolute Gasteiger partial charge is 0.0600 e. The predicted molar refractivity (Wildman–Crippen MR) is 74.9 cm³/mol. The highest BCUT2D eigenvalue weighted by Crippen LogP contribution is 2.22. The summed E-state index contributed by atoms with van der Waals surface area (Å²) in [4.78, 5) is 4.09. The number of pyridine rings is 1. The molecule has 106 valence electrons. The van der Waals surface area contributed by atoms with Crippen molar-refractivity contribution in [3.05, 3.63) is 30.1 Å². The summed E-state index contributed by atoms with van der Waals surface area (Å²) in [5.41, 5.74) is 1.21. The first kappa shape index (κ1) is 14.4. The molecule has 0 bridgehead atoms. The van der Waals surface area contributed by atoms with E-state index in [9.17, 15) is 0 Å². The zero-order valence-corrected chi connectivity index (χ0v) is 11.7. The molecule has 1 saturated carbocycles. The molecule has 0 spiro atoms. The van der Waals surface area contributed by atoms with Gasteiger partial charge in [0.2, 0.25) is 0 Å². The molecule has 1 aromatic heterocycles. The van der Waals surface area contributed by atoms with Crippen molar-refractivity contribution in [1.29, 1.82) is 0 Å². The zero-order valence-electron chi connectivity index (χ0n) is 11.7. The normalized spacial score (nSPS) is 23.4. The van der Waals surface area contributed by atoms with Gasteiger partial charge in [0.1, 0.15) is 0 Å². The molecule has 19 heavy (non-hydrogen) atoms. The molecule has 1 fully saturated rings. The lowest BCUT2D eigenvalue weighted by molar-refractivity contribution is -0.0282. The standard InChI is InChI=1S/C15H24N2O2/c1-18-14-5-2-6-15(10-14)19-9-8-17-12-13-4-3-7-16-11-13/h3-4,7,11,14-15,17H,2,5-6,8-10,12H2,1H3. The number of hydrogen-bond acceptors (Lipinski definition) is 4. The largest absolute Gasteiger partial charge is 0.381 e. The van der Waals surface area contributed by atoms with Crippen molar-refractivity contribution in [2.45, 2.75) is 44.4 Å². The molecule has 0 amide bonds. The Kier molecular flexibility index (Phi) is 6.27. The number of methoxy groups -OCH3 is 1. The van der Waals surface area contributed by atoms with Crippen molar-refractivity contribution in [2.24, 2.45) is 0 Å². The Morgan fingerprint density at radius 2 is 2.26 bits per heavy atom. The maximum Gasteiger partial charge on any atom is 0.0600 e. The van der Waals surface area contributed by atoms with Gasteiger partial charge < -0.3 is 14.8 Å². The first-order valence-electron chi connectivity index (χ1n) is 7.12. The van der Waals surface area contributed by atoms with Crippen LogP contribution in [0, 0.1) is 0 Å². The Morgan fingerprint density at radius 3 is 3.05 bits per heavy atom. The molecule has 2 rings (SSSR count).